The molecule has 4 aliphatic rings. The van der Waals surface area contributed by atoms with E-state index in [4.69, 9.17) is 18.6 Å². The number of Topliss-reactive ketones (excluding diaryl/α,β-unsaturated/α-hetero) is 1. The topological polar surface area (TPSA) is 109 Å². The van der Waals surface area contributed by atoms with Crippen LogP contribution in [-0.2, 0) is 33.4 Å². The van der Waals surface area contributed by atoms with Gasteiger partial charge in [0.2, 0.25) is 0 Å². The lowest BCUT2D eigenvalue weighted by atomic mass is 9.40. The Labute approximate surface area is 217 Å². The normalized spacial score (nSPS) is 38.3. The van der Waals surface area contributed by atoms with Gasteiger partial charge in [-0.15, -0.1) is 0 Å². The highest BCUT2D eigenvalue weighted by molar-refractivity contribution is 5.92. The number of carbonyl (C=O) groups is 4. The predicted octanol–water partition coefficient (Wildman–Crippen LogP) is 4.73. The Morgan fingerprint density at radius 3 is 2.51 bits per heavy atom. The zero-order valence-electron chi connectivity index (χ0n) is 22.4. The summed E-state index contributed by atoms with van der Waals surface area (Å²) in [7, 11) is 1.35. The van der Waals surface area contributed by atoms with Crippen LogP contribution in [0, 0.1) is 34.0 Å². The van der Waals surface area contributed by atoms with Crippen LogP contribution in [0.5, 0.6) is 0 Å². The van der Waals surface area contributed by atoms with E-state index < -0.39 is 52.2 Å². The van der Waals surface area contributed by atoms with E-state index >= 15 is 0 Å². The fourth-order valence-electron chi connectivity index (χ4n) is 8.37. The first-order valence-corrected chi connectivity index (χ1v) is 13.1. The molecule has 37 heavy (non-hydrogen) atoms. The van der Waals surface area contributed by atoms with Gasteiger partial charge in [-0.25, -0.2) is 0 Å². The van der Waals surface area contributed by atoms with Crippen LogP contribution in [-0.4, -0.2) is 36.9 Å². The highest BCUT2D eigenvalue weighted by Gasteiger charge is 2.68. The minimum Gasteiger partial charge on any atom is -0.472 e. The quantitative estimate of drug-likeness (QED) is 0.324. The van der Waals surface area contributed by atoms with E-state index in [2.05, 4.69) is 6.92 Å². The molecule has 2 heterocycles. The number of hydrogen-bond acceptors (Lipinski definition) is 8. The Morgan fingerprint density at radius 2 is 1.89 bits per heavy atom. The molecule has 5 rings (SSSR count). The van der Waals surface area contributed by atoms with E-state index in [1.54, 1.807) is 12.5 Å². The number of fused-ring (bicyclic) bond motifs is 5. The second-order valence-electron chi connectivity index (χ2n) is 12.3. The molecule has 2 saturated carbocycles. The van der Waals surface area contributed by atoms with Crippen LogP contribution in [0.1, 0.15) is 78.4 Å². The second-order valence-corrected chi connectivity index (χ2v) is 12.3. The molecule has 0 spiro atoms. The summed E-state index contributed by atoms with van der Waals surface area (Å²) in [4.78, 5) is 52.0. The summed E-state index contributed by atoms with van der Waals surface area (Å²) in [5.74, 6) is -2.20. The molecule has 200 valence electrons. The molecule has 7 unspecified atom stereocenters. The van der Waals surface area contributed by atoms with Crippen LogP contribution < -0.4 is 0 Å². The minimum absolute atomic E-state index is 0.0368. The van der Waals surface area contributed by atoms with Gasteiger partial charge in [-0.2, -0.15) is 0 Å². The molecule has 3 fully saturated rings. The molecule has 2 bridgehead atoms. The number of hydrogen-bond donors (Lipinski definition) is 0. The van der Waals surface area contributed by atoms with E-state index in [0.717, 1.165) is 29.6 Å². The molecule has 8 nitrogen and oxygen atoms in total. The first-order valence-electron chi connectivity index (χ1n) is 13.1. The van der Waals surface area contributed by atoms with Crippen LogP contribution in [0.4, 0.5) is 0 Å². The standard InChI is InChI=1S/C29H36O8/c1-15(30)36-26-18-11-17-19(29(5,24(18)33)21(27(26,2)3)13-22(31)34-6)7-9-28(4)20(17)12-23(32)37-25(28)16-8-10-35-14-16/h8,10,14,18-19,21,25-26H,7,9,11-13H2,1-6H3. The zero-order chi connectivity index (χ0) is 26.9. The minimum atomic E-state index is -0.868. The van der Waals surface area contributed by atoms with Gasteiger partial charge in [0.1, 0.15) is 18.0 Å². The van der Waals surface area contributed by atoms with Gasteiger partial charge in [0, 0.05) is 35.2 Å². The summed E-state index contributed by atoms with van der Waals surface area (Å²) in [5.41, 5.74) is 0.968. The summed E-state index contributed by atoms with van der Waals surface area (Å²) in [6.45, 7) is 9.43. The lowest BCUT2D eigenvalue weighted by molar-refractivity contribution is -0.197. The maximum absolute atomic E-state index is 14.2. The highest BCUT2D eigenvalue weighted by Crippen LogP contribution is 2.68. The van der Waals surface area contributed by atoms with Crippen molar-refractivity contribution in [1.82, 2.24) is 0 Å². The van der Waals surface area contributed by atoms with Crippen LogP contribution in [0.3, 0.4) is 0 Å². The average Bonchev–Trinajstić information content (AvgIpc) is 3.36. The van der Waals surface area contributed by atoms with Gasteiger partial charge >= 0.3 is 17.9 Å². The third-order valence-corrected chi connectivity index (χ3v) is 10.1. The zero-order valence-corrected chi connectivity index (χ0v) is 22.4. The summed E-state index contributed by atoms with van der Waals surface area (Å²) in [6, 6.07) is 1.83. The van der Waals surface area contributed by atoms with E-state index in [1.807, 2.05) is 26.8 Å². The smallest absolute Gasteiger partial charge is 0.310 e. The number of ether oxygens (including phenoxy) is 3. The Morgan fingerprint density at radius 1 is 1.16 bits per heavy atom. The van der Waals surface area contributed by atoms with E-state index in [-0.39, 0.29) is 30.5 Å². The first kappa shape index (κ1) is 25.7. The van der Waals surface area contributed by atoms with Crippen molar-refractivity contribution in [2.24, 2.45) is 34.0 Å². The molecule has 7 atom stereocenters. The number of cyclic esters (lactones) is 1. The van der Waals surface area contributed by atoms with Crippen LogP contribution in [0.2, 0.25) is 0 Å². The number of methoxy groups -OCH3 is 1. The van der Waals surface area contributed by atoms with Crippen molar-refractivity contribution in [2.75, 3.05) is 7.11 Å². The van der Waals surface area contributed by atoms with Crippen molar-refractivity contribution in [3.05, 3.63) is 35.3 Å². The van der Waals surface area contributed by atoms with Crippen LogP contribution >= 0.6 is 0 Å². The lowest BCUT2D eigenvalue weighted by Gasteiger charge is -2.63. The van der Waals surface area contributed by atoms with Gasteiger partial charge in [-0.1, -0.05) is 33.3 Å². The van der Waals surface area contributed by atoms with Gasteiger partial charge in [0.05, 0.1) is 32.0 Å². The fraction of sp³-hybridized carbons (Fsp3) is 0.655. The van der Waals surface area contributed by atoms with Crippen molar-refractivity contribution in [3.63, 3.8) is 0 Å². The summed E-state index contributed by atoms with van der Waals surface area (Å²) < 4.78 is 22.1. The van der Waals surface area contributed by atoms with E-state index in [1.165, 1.54) is 14.0 Å². The van der Waals surface area contributed by atoms with Crippen molar-refractivity contribution >= 4 is 23.7 Å². The number of carbonyl (C=O) groups excluding carboxylic acids is 4. The number of esters is 3. The molecule has 1 aromatic heterocycles. The van der Waals surface area contributed by atoms with Crippen molar-refractivity contribution in [2.45, 2.75) is 78.9 Å². The molecular formula is C29H36O8. The molecule has 0 radical (unpaired) electrons. The summed E-state index contributed by atoms with van der Waals surface area (Å²) in [6.07, 6.45) is 4.12. The average molecular weight is 513 g/mol. The van der Waals surface area contributed by atoms with Gasteiger partial charge in [-0.3, -0.25) is 19.2 Å². The Balaban J connectivity index is 1.69. The third kappa shape index (κ3) is 3.62. The molecule has 0 amide bonds. The Bertz CT molecular complexity index is 1180. The van der Waals surface area contributed by atoms with Crippen molar-refractivity contribution in [1.29, 1.82) is 0 Å². The van der Waals surface area contributed by atoms with Crippen molar-refractivity contribution < 1.29 is 37.8 Å². The SMILES string of the molecule is COC(=O)CC1C(C)(C)C(OC(C)=O)C2CC3=C4CC(=O)OC(c5ccoc5)C4(C)CCC3C1(C)C2=O. The Hall–Kier alpha value is -2.90. The van der Waals surface area contributed by atoms with E-state index in [0.29, 0.717) is 6.42 Å². The maximum atomic E-state index is 14.2. The number of ketones is 1. The number of allylic oxidation sites excluding steroid dienone is 1. The number of rotatable bonds is 4. The fourth-order valence-corrected chi connectivity index (χ4v) is 8.37. The lowest BCUT2D eigenvalue weighted by Crippen LogP contribution is -2.66. The second kappa shape index (κ2) is 8.57. The molecule has 1 saturated heterocycles. The molecule has 1 aromatic rings. The molecule has 0 N–H and O–H groups in total. The third-order valence-electron chi connectivity index (χ3n) is 10.1. The molecule has 1 aliphatic heterocycles. The predicted molar refractivity (Wildman–Crippen MR) is 131 cm³/mol. The highest BCUT2D eigenvalue weighted by atomic mass is 16.6. The van der Waals surface area contributed by atoms with Crippen LogP contribution in [0.25, 0.3) is 0 Å². The van der Waals surface area contributed by atoms with Gasteiger partial charge in [0.15, 0.2) is 0 Å². The van der Waals surface area contributed by atoms with Crippen molar-refractivity contribution in [3.8, 4) is 0 Å². The molecule has 0 aromatic carbocycles. The molecular weight excluding hydrogens is 476 g/mol. The van der Waals surface area contributed by atoms with Gasteiger partial charge in [-0.05, 0) is 42.7 Å². The van der Waals surface area contributed by atoms with Gasteiger partial charge in [0.25, 0.3) is 0 Å². The summed E-state index contributed by atoms with van der Waals surface area (Å²) >= 11 is 0. The van der Waals surface area contributed by atoms with Crippen LogP contribution in [0.15, 0.2) is 34.2 Å². The Kier molecular flexibility index (Phi) is 5.96. The maximum Gasteiger partial charge on any atom is 0.310 e. The summed E-state index contributed by atoms with van der Waals surface area (Å²) in [5, 5.41) is 0. The molecule has 3 aliphatic carbocycles. The molecule has 8 heteroatoms. The monoisotopic (exact) mass is 512 g/mol. The first-order chi connectivity index (χ1) is 17.4. The van der Waals surface area contributed by atoms with E-state index in [9.17, 15) is 19.2 Å². The van der Waals surface area contributed by atoms with Gasteiger partial charge < -0.3 is 18.6 Å². The number of furan rings is 1. The largest absolute Gasteiger partial charge is 0.472 e.